The number of aromatic nitrogens is 1. The Morgan fingerprint density at radius 3 is 2.50 bits per heavy atom. The Kier molecular flexibility index (Phi) is 6.79. The van der Waals surface area contributed by atoms with Crippen LogP contribution in [0.25, 0.3) is 10.9 Å². The third kappa shape index (κ3) is 4.72. The third-order valence-corrected chi connectivity index (χ3v) is 6.31. The van der Waals surface area contributed by atoms with Crippen LogP contribution in [0, 0.1) is 5.82 Å². The Labute approximate surface area is 197 Å². The number of nitrogens with zero attached hydrogens (tertiary/aromatic N) is 2. The van der Waals surface area contributed by atoms with Gasteiger partial charge in [0.15, 0.2) is 0 Å². The van der Waals surface area contributed by atoms with Gasteiger partial charge >= 0.3 is 5.97 Å². The van der Waals surface area contributed by atoms with Crippen molar-refractivity contribution in [3.8, 4) is 0 Å². The first-order chi connectivity index (χ1) is 16.3. The molecule has 1 aromatic heterocycles. The highest BCUT2D eigenvalue weighted by Crippen LogP contribution is 2.25. The largest absolute Gasteiger partial charge is 0.460 e. The molecule has 1 N–H and O–H groups in total. The molecule has 2 heterocycles. The van der Waals surface area contributed by atoms with Crippen LogP contribution in [0.3, 0.4) is 0 Å². The number of rotatable bonds is 6. The second kappa shape index (κ2) is 9.77. The molecule has 3 aromatic rings. The Bertz CT molecular complexity index is 1220. The van der Waals surface area contributed by atoms with Crippen LogP contribution < -0.4 is 0 Å². The first kappa shape index (κ1) is 23.6. The van der Waals surface area contributed by atoms with Crippen LogP contribution in [0.15, 0.2) is 48.7 Å². The van der Waals surface area contributed by atoms with E-state index in [1.165, 1.54) is 12.1 Å². The highest BCUT2D eigenvalue weighted by molar-refractivity contribution is 6.41. The number of carbonyl (C=O) groups is 3. The molecule has 0 bridgehead atoms. The molecule has 8 heteroatoms. The molecule has 1 amide bonds. The van der Waals surface area contributed by atoms with E-state index < -0.39 is 11.8 Å². The van der Waals surface area contributed by atoms with Crippen molar-refractivity contribution in [3.05, 3.63) is 71.2 Å². The second-order valence-corrected chi connectivity index (χ2v) is 8.72. The van der Waals surface area contributed by atoms with Crippen molar-refractivity contribution >= 4 is 28.6 Å². The lowest BCUT2D eigenvalue weighted by atomic mass is 10.0. The zero-order valence-corrected chi connectivity index (χ0v) is 19.5. The number of Topliss-reactive ketones (excluding diaryl/α,β-unsaturated/α-hetero) is 1. The topological polar surface area (TPSA) is 82.7 Å². The standard InChI is InChI=1S/C26H28FN3O4/c1-4-34-26(33)24(31)19-7-10-23-21(11-19)22(12-28-23)25(32)30-14-16(2)29(13-17(30)3)15-18-5-8-20(27)9-6-18/h5-12,16-17,28H,4,13-15H2,1-3H3/t16-,17+/m0/s1. The molecule has 1 aliphatic heterocycles. The number of ether oxygens (including phenoxy) is 1. The van der Waals surface area contributed by atoms with Gasteiger partial charge in [0.2, 0.25) is 0 Å². The van der Waals surface area contributed by atoms with Gasteiger partial charge in [0.1, 0.15) is 5.82 Å². The number of amides is 1. The first-order valence-electron chi connectivity index (χ1n) is 11.4. The van der Waals surface area contributed by atoms with Crippen LogP contribution in [-0.2, 0) is 16.1 Å². The molecule has 0 spiro atoms. The minimum atomic E-state index is -0.912. The number of fused-ring (bicyclic) bond motifs is 1. The number of hydrogen-bond acceptors (Lipinski definition) is 5. The van der Waals surface area contributed by atoms with E-state index in [1.54, 1.807) is 43.5 Å². The summed E-state index contributed by atoms with van der Waals surface area (Å²) in [5, 5.41) is 0.591. The van der Waals surface area contributed by atoms with E-state index in [0.29, 0.717) is 36.1 Å². The number of piperazine rings is 1. The Balaban J connectivity index is 1.52. The Morgan fingerprint density at radius 2 is 1.79 bits per heavy atom. The van der Waals surface area contributed by atoms with Crippen molar-refractivity contribution in [3.63, 3.8) is 0 Å². The van der Waals surface area contributed by atoms with E-state index in [1.807, 2.05) is 11.8 Å². The van der Waals surface area contributed by atoms with E-state index in [0.717, 1.165) is 5.56 Å². The maximum Gasteiger partial charge on any atom is 0.379 e. The average molecular weight is 466 g/mol. The van der Waals surface area contributed by atoms with E-state index in [-0.39, 0.29) is 36.0 Å². The van der Waals surface area contributed by atoms with Crippen molar-refractivity contribution in [2.24, 2.45) is 0 Å². The van der Waals surface area contributed by atoms with Gasteiger partial charge in [0, 0.05) is 54.4 Å². The quantitative estimate of drug-likeness (QED) is 0.340. The molecular formula is C26H28FN3O4. The van der Waals surface area contributed by atoms with E-state index in [9.17, 15) is 18.8 Å². The van der Waals surface area contributed by atoms with Crippen LogP contribution in [0.5, 0.6) is 0 Å². The fourth-order valence-electron chi connectivity index (χ4n) is 4.43. The van der Waals surface area contributed by atoms with E-state index >= 15 is 0 Å². The van der Waals surface area contributed by atoms with Gasteiger partial charge in [-0.2, -0.15) is 0 Å². The minimum absolute atomic E-state index is 0.0431. The van der Waals surface area contributed by atoms with Gasteiger partial charge in [-0.3, -0.25) is 14.5 Å². The molecule has 0 aliphatic carbocycles. The molecule has 0 saturated carbocycles. The van der Waals surface area contributed by atoms with Gasteiger partial charge < -0.3 is 14.6 Å². The summed E-state index contributed by atoms with van der Waals surface area (Å²) in [5.74, 6) is -2.04. The number of carbonyl (C=O) groups excluding carboxylic acids is 3. The van der Waals surface area contributed by atoms with Gasteiger partial charge in [-0.05, 0) is 56.7 Å². The summed E-state index contributed by atoms with van der Waals surface area (Å²) in [5.41, 5.74) is 2.37. The summed E-state index contributed by atoms with van der Waals surface area (Å²) in [4.78, 5) is 45.0. The number of ketones is 1. The summed E-state index contributed by atoms with van der Waals surface area (Å²) in [6, 6.07) is 11.3. The number of hydrogen-bond donors (Lipinski definition) is 1. The van der Waals surface area contributed by atoms with Gasteiger partial charge in [-0.1, -0.05) is 12.1 Å². The zero-order chi connectivity index (χ0) is 24.4. The highest BCUT2D eigenvalue weighted by Gasteiger charge is 2.33. The summed E-state index contributed by atoms with van der Waals surface area (Å²) < 4.78 is 18.0. The van der Waals surface area contributed by atoms with Gasteiger partial charge in [-0.25, -0.2) is 9.18 Å². The molecule has 178 valence electrons. The summed E-state index contributed by atoms with van der Waals surface area (Å²) in [7, 11) is 0. The van der Waals surface area contributed by atoms with Gasteiger partial charge in [0.05, 0.1) is 12.2 Å². The molecule has 0 unspecified atom stereocenters. The van der Waals surface area contributed by atoms with Crippen LogP contribution in [-0.4, -0.2) is 64.2 Å². The first-order valence-corrected chi connectivity index (χ1v) is 11.4. The summed E-state index contributed by atoms with van der Waals surface area (Å²) >= 11 is 0. The monoisotopic (exact) mass is 465 g/mol. The number of halogens is 1. The third-order valence-electron chi connectivity index (χ3n) is 6.31. The molecule has 2 atom stereocenters. The summed E-state index contributed by atoms with van der Waals surface area (Å²) in [6.45, 7) is 7.73. The zero-order valence-electron chi connectivity index (χ0n) is 19.5. The average Bonchev–Trinajstić information content (AvgIpc) is 3.25. The summed E-state index contributed by atoms with van der Waals surface area (Å²) in [6.07, 6.45) is 1.65. The molecule has 1 aliphatic rings. The number of H-pyrrole nitrogens is 1. The van der Waals surface area contributed by atoms with Gasteiger partial charge in [-0.15, -0.1) is 0 Å². The molecule has 4 rings (SSSR count). The maximum atomic E-state index is 13.5. The van der Waals surface area contributed by atoms with E-state index in [2.05, 4.69) is 16.8 Å². The number of nitrogens with one attached hydrogen (secondary N) is 1. The lowest BCUT2D eigenvalue weighted by molar-refractivity contribution is -0.137. The molecule has 1 fully saturated rings. The van der Waals surface area contributed by atoms with Crippen molar-refractivity contribution < 1.29 is 23.5 Å². The maximum absolute atomic E-state index is 13.5. The lowest BCUT2D eigenvalue weighted by Gasteiger charge is -2.44. The molecule has 2 aromatic carbocycles. The van der Waals surface area contributed by atoms with Crippen LogP contribution >= 0.6 is 0 Å². The van der Waals surface area contributed by atoms with Crippen molar-refractivity contribution in [1.82, 2.24) is 14.8 Å². The Hall–Kier alpha value is -3.52. The minimum Gasteiger partial charge on any atom is -0.460 e. The Morgan fingerprint density at radius 1 is 1.06 bits per heavy atom. The van der Waals surface area contributed by atoms with E-state index in [4.69, 9.17) is 4.74 Å². The SMILES string of the molecule is CCOC(=O)C(=O)c1ccc2[nH]cc(C(=O)N3C[C@H](C)N(Cc4ccc(F)cc4)C[C@H]3C)c2c1. The number of esters is 1. The molecule has 1 saturated heterocycles. The molecular weight excluding hydrogens is 437 g/mol. The molecule has 34 heavy (non-hydrogen) atoms. The fourth-order valence-corrected chi connectivity index (χ4v) is 4.43. The van der Waals surface area contributed by atoms with Crippen LogP contribution in [0.2, 0.25) is 0 Å². The number of benzene rings is 2. The fraction of sp³-hybridized carbons (Fsp3) is 0.346. The predicted octanol–water partition coefficient (Wildman–Crippen LogP) is 3.79. The van der Waals surface area contributed by atoms with Crippen molar-refractivity contribution in [2.75, 3.05) is 19.7 Å². The second-order valence-electron chi connectivity index (χ2n) is 8.72. The molecule has 0 radical (unpaired) electrons. The number of aromatic amines is 1. The highest BCUT2D eigenvalue weighted by atomic mass is 19.1. The normalized spacial score (nSPS) is 18.8. The van der Waals surface area contributed by atoms with Crippen LogP contribution in [0.4, 0.5) is 4.39 Å². The lowest BCUT2D eigenvalue weighted by Crippen LogP contribution is -2.57. The molecule has 7 nitrogen and oxygen atoms in total. The van der Waals surface area contributed by atoms with Crippen molar-refractivity contribution in [1.29, 1.82) is 0 Å². The van der Waals surface area contributed by atoms with Crippen LogP contribution in [0.1, 0.15) is 47.1 Å². The van der Waals surface area contributed by atoms with Gasteiger partial charge in [0.25, 0.3) is 11.7 Å². The predicted molar refractivity (Wildman–Crippen MR) is 126 cm³/mol. The smallest absolute Gasteiger partial charge is 0.379 e. The van der Waals surface area contributed by atoms with Crippen molar-refractivity contribution in [2.45, 2.75) is 39.4 Å².